The SMILES string of the molecule is CCCCC/C=C\C/C=C\CCCCCCCC(=O)O.O=C(CCCCCCCCC(=O)OCC(O)CO)OCC(O)CO. The van der Waals surface area contributed by atoms with Crippen molar-refractivity contribution in [2.24, 2.45) is 0 Å². The maximum atomic E-state index is 11.3. The van der Waals surface area contributed by atoms with E-state index in [1.807, 2.05) is 0 Å². The summed E-state index contributed by atoms with van der Waals surface area (Å²) < 4.78 is 9.56. The van der Waals surface area contributed by atoms with Crippen molar-refractivity contribution in [1.82, 2.24) is 0 Å². The van der Waals surface area contributed by atoms with Crippen LogP contribution in [0.15, 0.2) is 24.3 Å². The van der Waals surface area contributed by atoms with Crippen LogP contribution in [0.3, 0.4) is 0 Å². The Bertz CT molecular complexity index is 691. The number of hydrogen-bond donors (Lipinski definition) is 5. The summed E-state index contributed by atoms with van der Waals surface area (Å²) in [5.41, 5.74) is 0. The Balaban J connectivity index is 0. The molecule has 0 rings (SSSR count). The van der Waals surface area contributed by atoms with Crippen molar-refractivity contribution in [3.63, 3.8) is 0 Å². The fourth-order valence-electron chi connectivity index (χ4n) is 3.96. The number of aliphatic hydroxyl groups excluding tert-OH is 4. The topological polar surface area (TPSA) is 171 Å². The number of unbranched alkanes of at least 4 members (excludes halogenated alkanes) is 13. The Morgan fingerprint density at radius 3 is 1.36 bits per heavy atom. The number of carbonyl (C=O) groups is 3. The molecule has 258 valence electrons. The first-order valence-corrected chi connectivity index (χ1v) is 16.7. The van der Waals surface area contributed by atoms with Gasteiger partial charge in [0.2, 0.25) is 0 Å². The number of carboxylic acids is 1. The maximum Gasteiger partial charge on any atom is 0.305 e. The summed E-state index contributed by atoms with van der Waals surface area (Å²) in [5, 5.41) is 43.7. The van der Waals surface area contributed by atoms with E-state index in [0.29, 0.717) is 19.3 Å². The molecule has 0 heterocycles. The van der Waals surface area contributed by atoms with Gasteiger partial charge in [-0.05, 0) is 51.4 Å². The first-order valence-electron chi connectivity index (χ1n) is 16.7. The average Bonchev–Trinajstić information content (AvgIpc) is 3.01. The molecule has 10 heteroatoms. The molecule has 0 bridgehead atoms. The van der Waals surface area contributed by atoms with E-state index in [1.54, 1.807) is 0 Å². The second-order valence-corrected chi connectivity index (χ2v) is 11.0. The highest BCUT2D eigenvalue weighted by Crippen LogP contribution is 2.10. The molecule has 0 aliphatic carbocycles. The fraction of sp³-hybridized carbons (Fsp3) is 0.794. The van der Waals surface area contributed by atoms with Gasteiger partial charge in [-0.25, -0.2) is 0 Å². The minimum absolute atomic E-state index is 0.180. The van der Waals surface area contributed by atoms with Crippen molar-refractivity contribution in [1.29, 1.82) is 0 Å². The van der Waals surface area contributed by atoms with E-state index < -0.39 is 31.4 Å². The third kappa shape index (κ3) is 37.8. The van der Waals surface area contributed by atoms with Gasteiger partial charge in [0.05, 0.1) is 13.2 Å². The third-order valence-corrected chi connectivity index (χ3v) is 6.65. The monoisotopic (exact) mass is 630 g/mol. The Kier molecular flexibility index (Phi) is 35.1. The molecule has 0 aromatic rings. The van der Waals surface area contributed by atoms with Gasteiger partial charge in [-0.2, -0.15) is 0 Å². The largest absolute Gasteiger partial charge is 0.481 e. The smallest absolute Gasteiger partial charge is 0.305 e. The first kappa shape index (κ1) is 43.9. The fourth-order valence-corrected chi connectivity index (χ4v) is 3.96. The van der Waals surface area contributed by atoms with Crippen LogP contribution in [0, 0.1) is 0 Å². The van der Waals surface area contributed by atoms with E-state index in [-0.39, 0.29) is 38.0 Å². The minimum Gasteiger partial charge on any atom is -0.481 e. The number of aliphatic carboxylic acids is 1. The van der Waals surface area contributed by atoms with Gasteiger partial charge in [0.15, 0.2) is 0 Å². The molecule has 44 heavy (non-hydrogen) atoms. The number of esters is 2. The predicted octanol–water partition coefficient (Wildman–Crippen LogP) is 5.78. The lowest BCUT2D eigenvalue weighted by Gasteiger charge is -2.08. The lowest BCUT2D eigenvalue weighted by atomic mass is 10.1. The quantitative estimate of drug-likeness (QED) is 0.0387. The summed E-state index contributed by atoms with van der Waals surface area (Å²) in [5.74, 6) is -1.43. The van der Waals surface area contributed by atoms with Crippen LogP contribution in [0.25, 0.3) is 0 Å². The Morgan fingerprint density at radius 1 is 0.568 bits per heavy atom. The van der Waals surface area contributed by atoms with Gasteiger partial charge in [-0.1, -0.05) is 89.0 Å². The van der Waals surface area contributed by atoms with Crippen LogP contribution >= 0.6 is 0 Å². The molecule has 0 amide bonds. The Morgan fingerprint density at radius 2 is 0.955 bits per heavy atom. The molecule has 5 N–H and O–H groups in total. The zero-order valence-corrected chi connectivity index (χ0v) is 27.2. The number of aliphatic hydroxyl groups is 4. The van der Waals surface area contributed by atoms with E-state index >= 15 is 0 Å². The van der Waals surface area contributed by atoms with Crippen LogP contribution < -0.4 is 0 Å². The predicted molar refractivity (Wildman–Crippen MR) is 172 cm³/mol. The molecule has 2 unspecified atom stereocenters. The molecule has 0 aliphatic rings. The summed E-state index contributed by atoms with van der Waals surface area (Å²) in [6.45, 7) is 1.02. The van der Waals surface area contributed by atoms with E-state index in [4.69, 9.17) is 35.0 Å². The molecule has 0 radical (unpaired) electrons. The van der Waals surface area contributed by atoms with Gasteiger partial charge >= 0.3 is 17.9 Å². The highest BCUT2D eigenvalue weighted by molar-refractivity contribution is 5.69. The van der Waals surface area contributed by atoms with E-state index in [0.717, 1.165) is 51.4 Å². The Labute approximate surface area is 265 Å². The van der Waals surface area contributed by atoms with E-state index in [1.165, 1.54) is 44.9 Å². The average molecular weight is 631 g/mol. The second-order valence-electron chi connectivity index (χ2n) is 11.0. The van der Waals surface area contributed by atoms with Gasteiger partial charge in [0, 0.05) is 19.3 Å². The van der Waals surface area contributed by atoms with Crippen LogP contribution in [0.1, 0.15) is 135 Å². The van der Waals surface area contributed by atoms with Gasteiger partial charge in [-0.3, -0.25) is 14.4 Å². The summed E-state index contributed by atoms with van der Waals surface area (Å²) in [4.78, 5) is 32.9. The molecule has 0 aromatic heterocycles. The molecule has 0 aliphatic heterocycles. The van der Waals surface area contributed by atoms with Crippen molar-refractivity contribution in [2.75, 3.05) is 26.4 Å². The molecular formula is C34H62O10. The number of ether oxygens (including phenoxy) is 2. The van der Waals surface area contributed by atoms with E-state index in [9.17, 15) is 14.4 Å². The molecule has 0 saturated carbocycles. The molecule has 0 spiro atoms. The molecule has 2 atom stereocenters. The third-order valence-electron chi connectivity index (χ3n) is 6.65. The maximum absolute atomic E-state index is 11.3. The summed E-state index contributed by atoms with van der Waals surface area (Å²) in [6, 6.07) is 0. The molecule has 0 saturated heterocycles. The van der Waals surface area contributed by atoms with Crippen LogP contribution in [0.4, 0.5) is 0 Å². The lowest BCUT2D eigenvalue weighted by molar-refractivity contribution is -0.148. The molecule has 10 nitrogen and oxygen atoms in total. The Hall–Kier alpha value is -2.27. The number of allylic oxidation sites excluding steroid dienone is 4. The number of carbonyl (C=O) groups excluding carboxylic acids is 2. The minimum atomic E-state index is -1.02. The van der Waals surface area contributed by atoms with Crippen molar-refractivity contribution in [3.8, 4) is 0 Å². The number of carboxylic acid groups (broad SMARTS) is 1. The van der Waals surface area contributed by atoms with Crippen LogP contribution in [-0.4, -0.2) is 82.1 Å². The zero-order valence-electron chi connectivity index (χ0n) is 27.2. The number of hydrogen-bond acceptors (Lipinski definition) is 9. The van der Waals surface area contributed by atoms with Gasteiger partial charge in [0.1, 0.15) is 25.4 Å². The summed E-state index contributed by atoms with van der Waals surface area (Å²) in [7, 11) is 0. The van der Waals surface area contributed by atoms with Crippen molar-refractivity contribution in [3.05, 3.63) is 24.3 Å². The van der Waals surface area contributed by atoms with Crippen LogP contribution in [-0.2, 0) is 23.9 Å². The van der Waals surface area contributed by atoms with Gasteiger partial charge < -0.3 is 35.0 Å². The molecule has 0 fully saturated rings. The normalized spacial score (nSPS) is 12.6. The van der Waals surface area contributed by atoms with Crippen molar-refractivity contribution in [2.45, 2.75) is 148 Å². The molecule has 0 aromatic carbocycles. The zero-order chi connectivity index (χ0) is 33.1. The number of rotatable bonds is 29. The van der Waals surface area contributed by atoms with E-state index in [2.05, 4.69) is 31.2 Å². The van der Waals surface area contributed by atoms with Crippen molar-refractivity contribution < 1.29 is 49.4 Å². The first-order chi connectivity index (χ1) is 21.3. The van der Waals surface area contributed by atoms with Gasteiger partial charge in [-0.15, -0.1) is 0 Å². The molecular weight excluding hydrogens is 568 g/mol. The highest BCUT2D eigenvalue weighted by Gasteiger charge is 2.08. The van der Waals surface area contributed by atoms with Crippen LogP contribution in [0.5, 0.6) is 0 Å². The lowest BCUT2D eigenvalue weighted by Crippen LogP contribution is -2.21. The van der Waals surface area contributed by atoms with Crippen LogP contribution in [0.2, 0.25) is 0 Å². The summed E-state index contributed by atoms with van der Waals surface area (Å²) in [6.07, 6.45) is 25.9. The van der Waals surface area contributed by atoms with Gasteiger partial charge in [0.25, 0.3) is 0 Å². The highest BCUT2D eigenvalue weighted by atomic mass is 16.5. The summed E-state index contributed by atoms with van der Waals surface area (Å²) >= 11 is 0. The second kappa shape index (κ2) is 35.2. The standard InChI is InChI=1S/C18H32O2.C16H30O8/c1-2-3-4-5-6-7-8-9-10-11-12-13-14-15-16-17-18(19)20;17-9-13(19)11-23-15(21)7-5-3-1-2-4-6-8-16(22)24-12-14(20)10-18/h6-7,9-10H,2-5,8,11-17H2,1H3,(H,19,20);13-14,17-20H,1-12H2/b7-6-,10-9-;. The van der Waals surface area contributed by atoms with Crippen molar-refractivity contribution >= 4 is 17.9 Å².